The molecule has 1 aromatic rings. The number of nitrogens with one attached hydrogen (secondary N) is 1. The number of carbonyl (C=O) groups is 2. The molecule has 0 amide bonds. The topological polar surface area (TPSA) is 70.2 Å². The van der Waals surface area contributed by atoms with E-state index in [1.807, 2.05) is 19.9 Å². The molecule has 1 aromatic heterocycles. The number of aryl methyl sites for hydroxylation is 2. The third-order valence-corrected chi connectivity index (χ3v) is 1.99. The van der Waals surface area contributed by atoms with Gasteiger partial charge in [-0.05, 0) is 25.5 Å². The van der Waals surface area contributed by atoms with E-state index in [0.717, 1.165) is 11.3 Å². The van der Waals surface area contributed by atoms with Gasteiger partial charge in [0.1, 0.15) is 0 Å². The van der Waals surface area contributed by atoms with Crippen LogP contribution in [-0.2, 0) is 4.79 Å². The van der Waals surface area contributed by atoms with Crippen LogP contribution >= 0.6 is 0 Å². The van der Waals surface area contributed by atoms with E-state index in [4.69, 9.17) is 5.11 Å². The van der Waals surface area contributed by atoms with Crippen molar-refractivity contribution >= 4 is 11.8 Å². The van der Waals surface area contributed by atoms with Gasteiger partial charge < -0.3 is 10.1 Å². The van der Waals surface area contributed by atoms with Crippen LogP contribution in [-0.4, -0.2) is 21.8 Å². The quantitative estimate of drug-likeness (QED) is 0.720. The normalized spacial score (nSPS) is 10.1. The average molecular weight is 196 g/mol. The van der Waals surface area contributed by atoms with Gasteiger partial charge in [0.15, 0.2) is 5.78 Å². The van der Waals surface area contributed by atoms with E-state index in [1.165, 1.54) is 0 Å². The Balaban J connectivity index is 2.69. The third kappa shape index (κ3) is 2.45. The van der Waals surface area contributed by atoms with E-state index >= 15 is 0 Å². The Hall–Kier alpha value is -1.58. The van der Waals surface area contributed by atoms with Gasteiger partial charge in [0, 0.05) is 12.1 Å². The number of rotatable bonds is 4. The molecule has 2 N–H and O–H groups in total. The van der Waals surface area contributed by atoms with Crippen molar-refractivity contribution in [3.05, 3.63) is 23.0 Å². The van der Waals surface area contributed by atoms with Gasteiger partial charge in [-0.1, -0.05) is 0 Å². The summed E-state index contributed by atoms with van der Waals surface area (Å²) < 4.78 is 0. The maximum Gasteiger partial charge on any atom is 0.303 e. The lowest BCUT2D eigenvalue weighted by Gasteiger charge is -1.97. The first kappa shape index (κ1) is 10.5. The SMILES string of the molecule is Cc1cc(C)c(C(=O)CCC(=O)O)[15nH]1. The van der Waals surface area contributed by atoms with E-state index in [1.54, 1.807) is 0 Å². The summed E-state index contributed by atoms with van der Waals surface area (Å²) in [5, 5.41) is 8.42. The van der Waals surface area contributed by atoms with Gasteiger partial charge in [-0.15, -0.1) is 0 Å². The summed E-state index contributed by atoms with van der Waals surface area (Å²) in [4.78, 5) is 24.7. The lowest BCUT2D eigenvalue weighted by Crippen LogP contribution is -2.05. The summed E-state index contributed by atoms with van der Waals surface area (Å²) in [5.41, 5.74) is 2.32. The second kappa shape index (κ2) is 4.09. The number of carboxylic acid groups (broad SMARTS) is 1. The number of Topliss-reactive ketones (excluding diaryl/α,β-unsaturated/α-hetero) is 1. The lowest BCUT2D eigenvalue weighted by molar-refractivity contribution is -0.136. The average Bonchev–Trinajstić information content (AvgIpc) is 2.41. The molecule has 0 atom stereocenters. The third-order valence-electron chi connectivity index (χ3n) is 1.99. The summed E-state index contributed by atoms with van der Waals surface area (Å²) in [5.74, 6) is -1.09. The van der Waals surface area contributed by atoms with Crippen molar-refractivity contribution in [2.75, 3.05) is 0 Å². The summed E-state index contributed by atoms with van der Waals surface area (Å²) >= 11 is 0. The second-order valence-corrected chi connectivity index (χ2v) is 3.33. The molecule has 0 aliphatic rings. The molecule has 0 fully saturated rings. The molecular formula is C10H13NO3. The van der Waals surface area contributed by atoms with Crippen LogP contribution in [0.3, 0.4) is 0 Å². The van der Waals surface area contributed by atoms with Crippen molar-refractivity contribution in [1.29, 1.82) is 0 Å². The second-order valence-electron chi connectivity index (χ2n) is 3.33. The van der Waals surface area contributed by atoms with Crippen LogP contribution < -0.4 is 0 Å². The molecule has 0 saturated heterocycles. The first-order valence-electron chi connectivity index (χ1n) is 4.42. The summed E-state index contributed by atoms with van der Waals surface area (Å²) in [6.07, 6.45) is -0.0630. The first-order valence-corrected chi connectivity index (χ1v) is 4.42. The van der Waals surface area contributed by atoms with Crippen molar-refractivity contribution < 1.29 is 14.7 Å². The molecule has 0 aromatic carbocycles. The number of hydrogen-bond acceptors (Lipinski definition) is 2. The van der Waals surface area contributed by atoms with Crippen LogP contribution in [0.25, 0.3) is 0 Å². The molecule has 0 aliphatic carbocycles. The van der Waals surface area contributed by atoms with E-state index in [0.29, 0.717) is 5.69 Å². The Morgan fingerprint density at radius 2 is 2.00 bits per heavy atom. The molecule has 0 spiro atoms. The van der Waals surface area contributed by atoms with Crippen LogP contribution in [0, 0.1) is 13.8 Å². The molecular weight excluding hydrogens is 183 g/mol. The molecule has 0 saturated carbocycles. The van der Waals surface area contributed by atoms with Crippen molar-refractivity contribution in [3.63, 3.8) is 0 Å². The van der Waals surface area contributed by atoms with E-state index in [9.17, 15) is 9.59 Å². The smallest absolute Gasteiger partial charge is 0.303 e. The number of hydrogen-bond donors (Lipinski definition) is 2. The van der Waals surface area contributed by atoms with Gasteiger partial charge >= 0.3 is 5.97 Å². The van der Waals surface area contributed by atoms with Gasteiger partial charge in [-0.3, -0.25) is 9.59 Å². The maximum atomic E-state index is 11.5. The van der Waals surface area contributed by atoms with Gasteiger partial charge in [0.2, 0.25) is 0 Å². The molecule has 1 heterocycles. The molecule has 14 heavy (non-hydrogen) atoms. The Morgan fingerprint density at radius 1 is 1.36 bits per heavy atom. The van der Waals surface area contributed by atoms with Crippen LogP contribution in [0.5, 0.6) is 0 Å². The highest BCUT2D eigenvalue weighted by Crippen LogP contribution is 2.11. The molecule has 4 nitrogen and oxygen atoms in total. The van der Waals surface area contributed by atoms with E-state index in [-0.39, 0.29) is 18.6 Å². The van der Waals surface area contributed by atoms with Crippen LogP contribution in [0.15, 0.2) is 6.07 Å². The van der Waals surface area contributed by atoms with Gasteiger partial charge in [0.05, 0.1) is 12.1 Å². The van der Waals surface area contributed by atoms with Crippen molar-refractivity contribution in [3.8, 4) is 0 Å². The molecule has 1 rings (SSSR count). The fraction of sp³-hybridized carbons (Fsp3) is 0.400. The molecule has 0 aliphatic heterocycles. The van der Waals surface area contributed by atoms with Gasteiger partial charge in [-0.2, -0.15) is 0 Å². The Bertz CT molecular complexity index is 365. The highest BCUT2D eigenvalue weighted by molar-refractivity contribution is 5.97. The van der Waals surface area contributed by atoms with Gasteiger partial charge in [0.25, 0.3) is 0 Å². The number of ketones is 1. The highest BCUT2D eigenvalue weighted by atomic mass is 16.4. The largest absolute Gasteiger partial charge is 0.481 e. The predicted molar refractivity (Wildman–Crippen MR) is 51.5 cm³/mol. The Morgan fingerprint density at radius 3 is 2.43 bits per heavy atom. The predicted octanol–water partition coefficient (Wildman–Crippen LogP) is 1.68. The molecule has 4 heteroatoms. The maximum absolute atomic E-state index is 11.5. The summed E-state index contributed by atoms with van der Waals surface area (Å²) in [6, 6.07) is 1.87. The summed E-state index contributed by atoms with van der Waals surface area (Å²) in [7, 11) is 0. The molecule has 0 radical (unpaired) electrons. The Labute approximate surface area is 81.9 Å². The van der Waals surface area contributed by atoms with Gasteiger partial charge in [-0.25, -0.2) is 0 Å². The Kier molecular flexibility index (Phi) is 3.06. The van der Waals surface area contributed by atoms with Crippen molar-refractivity contribution in [2.45, 2.75) is 26.7 Å². The zero-order valence-corrected chi connectivity index (χ0v) is 8.26. The number of carboxylic acids is 1. The van der Waals surface area contributed by atoms with E-state index < -0.39 is 5.97 Å². The standard InChI is InChI=1S/C10H13NO3/c1-6-5-7(2)11-10(6)8(12)3-4-9(13)14/h5,11H,3-4H2,1-2H3,(H,13,14)/i11+1. The van der Waals surface area contributed by atoms with Crippen LogP contribution in [0.2, 0.25) is 0 Å². The minimum atomic E-state index is -0.945. The minimum absolute atomic E-state index is 0.0517. The van der Waals surface area contributed by atoms with Crippen LogP contribution in [0.4, 0.5) is 0 Å². The fourth-order valence-electron chi connectivity index (χ4n) is 1.36. The molecule has 76 valence electrons. The first-order chi connectivity index (χ1) is 6.50. The number of H-pyrrole nitrogens is 1. The lowest BCUT2D eigenvalue weighted by atomic mass is 10.1. The zero-order chi connectivity index (χ0) is 10.7. The summed E-state index contributed by atoms with van der Waals surface area (Å²) in [6.45, 7) is 3.69. The van der Waals surface area contributed by atoms with Crippen molar-refractivity contribution in [2.24, 2.45) is 0 Å². The number of aromatic amines is 1. The zero-order valence-electron chi connectivity index (χ0n) is 8.26. The molecule has 0 unspecified atom stereocenters. The number of carbonyl (C=O) groups excluding carboxylic acids is 1. The van der Waals surface area contributed by atoms with E-state index in [2.05, 4.69) is 4.98 Å². The monoisotopic (exact) mass is 196 g/mol. The fourth-order valence-corrected chi connectivity index (χ4v) is 1.36. The minimum Gasteiger partial charge on any atom is -0.481 e. The highest BCUT2D eigenvalue weighted by Gasteiger charge is 2.12. The molecule has 0 bridgehead atoms. The number of aromatic nitrogens is 1. The number of aliphatic carboxylic acids is 1. The van der Waals surface area contributed by atoms with Crippen LogP contribution in [0.1, 0.15) is 34.6 Å². The van der Waals surface area contributed by atoms with Crippen molar-refractivity contribution in [1.82, 2.24) is 4.98 Å².